The van der Waals surface area contributed by atoms with E-state index in [1.54, 1.807) is 18.2 Å². The molecule has 0 unspecified atom stereocenters. The number of nitrogens with one attached hydrogen (secondary N) is 2. The van der Waals surface area contributed by atoms with Crippen LogP contribution in [0.5, 0.6) is 0 Å². The third-order valence-corrected chi connectivity index (χ3v) is 3.91. The Bertz CT molecular complexity index is 851. The van der Waals surface area contributed by atoms with Gasteiger partial charge in [-0.05, 0) is 48.6 Å². The lowest BCUT2D eigenvalue weighted by atomic mass is 10.2. The maximum Gasteiger partial charge on any atom is 0.246 e. The van der Waals surface area contributed by atoms with E-state index in [-0.39, 0.29) is 0 Å². The van der Waals surface area contributed by atoms with Gasteiger partial charge in [-0.3, -0.25) is 0 Å². The smallest absolute Gasteiger partial charge is 0.246 e. The predicted molar refractivity (Wildman–Crippen MR) is 99.3 cm³/mol. The topological polar surface area (TPSA) is 63.0 Å². The molecule has 1 heterocycles. The molecule has 8 heteroatoms. The quantitative estimate of drug-likeness (QED) is 0.650. The van der Waals surface area contributed by atoms with E-state index in [0.717, 1.165) is 11.3 Å². The second kappa shape index (κ2) is 7.61. The van der Waals surface area contributed by atoms with Crippen molar-refractivity contribution in [2.75, 3.05) is 5.32 Å². The Morgan fingerprint density at radius 1 is 1.08 bits per heavy atom. The molecule has 0 aliphatic carbocycles. The van der Waals surface area contributed by atoms with Crippen molar-refractivity contribution in [3.05, 3.63) is 64.5 Å². The lowest BCUT2D eigenvalue weighted by molar-refractivity contribution is 0.376. The van der Waals surface area contributed by atoms with E-state index >= 15 is 0 Å². The Balaban J connectivity index is 1.58. The summed E-state index contributed by atoms with van der Waals surface area (Å²) in [5.74, 6) is 0.846. The van der Waals surface area contributed by atoms with Crippen molar-refractivity contribution in [1.29, 1.82) is 0 Å². The van der Waals surface area contributed by atoms with Crippen molar-refractivity contribution in [1.82, 2.24) is 15.5 Å². The molecule has 122 valence electrons. The third-order valence-electron chi connectivity index (χ3n) is 3.09. The molecular formula is C16H12Cl2N4OS. The van der Waals surface area contributed by atoms with E-state index in [1.165, 1.54) is 0 Å². The third kappa shape index (κ3) is 4.23. The fraction of sp³-hybridized carbons (Fsp3) is 0.0625. The normalized spacial score (nSPS) is 10.4. The van der Waals surface area contributed by atoms with E-state index in [1.807, 2.05) is 30.3 Å². The number of anilines is 1. The molecule has 0 atom stereocenters. The van der Waals surface area contributed by atoms with E-state index in [0.29, 0.717) is 33.4 Å². The molecule has 0 aliphatic rings. The van der Waals surface area contributed by atoms with Gasteiger partial charge < -0.3 is 15.2 Å². The fourth-order valence-corrected chi connectivity index (χ4v) is 2.48. The van der Waals surface area contributed by atoms with Gasteiger partial charge in [0.05, 0.1) is 11.6 Å². The second-order valence-electron chi connectivity index (χ2n) is 4.81. The lowest BCUT2D eigenvalue weighted by Crippen LogP contribution is -2.27. The molecule has 2 N–H and O–H groups in total. The van der Waals surface area contributed by atoms with Crippen LogP contribution >= 0.6 is 35.4 Å². The van der Waals surface area contributed by atoms with Crippen LogP contribution < -0.4 is 10.6 Å². The van der Waals surface area contributed by atoms with Crippen LogP contribution in [0, 0.1) is 0 Å². The van der Waals surface area contributed by atoms with Crippen molar-refractivity contribution >= 4 is 46.2 Å². The summed E-state index contributed by atoms with van der Waals surface area (Å²) in [6.07, 6.45) is 0. The predicted octanol–water partition coefficient (Wildman–Crippen LogP) is 4.53. The first-order valence-electron chi connectivity index (χ1n) is 7.00. The van der Waals surface area contributed by atoms with Crippen LogP contribution in [0.4, 0.5) is 5.69 Å². The van der Waals surface area contributed by atoms with Crippen molar-refractivity contribution in [2.24, 2.45) is 0 Å². The Kier molecular flexibility index (Phi) is 5.30. The summed E-state index contributed by atoms with van der Waals surface area (Å²) < 4.78 is 5.20. The van der Waals surface area contributed by atoms with Crippen molar-refractivity contribution < 1.29 is 4.52 Å². The van der Waals surface area contributed by atoms with E-state index in [9.17, 15) is 0 Å². The summed E-state index contributed by atoms with van der Waals surface area (Å²) in [6, 6.07) is 14.5. The first-order chi connectivity index (χ1) is 11.6. The molecule has 0 fully saturated rings. The van der Waals surface area contributed by atoms with Crippen LogP contribution in [0.1, 0.15) is 5.89 Å². The summed E-state index contributed by atoms with van der Waals surface area (Å²) in [4.78, 5) is 4.30. The number of aromatic nitrogens is 2. The van der Waals surface area contributed by atoms with Crippen molar-refractivity contribution in [3.8, 4) is 11.4 Å². The molecule has 2 aromatic carbocycles. The Hall–Kier alpha value is -2.15. The Labute approximate surface area is 154 Å². The zero-order valence-electron chi connectivity index (χ0n) is 12.3. The van der Waals surface area contributed by atoms with Gasteiger partial charge >= 0.3 is 0 Å². The van der Waals surface area contributed by atoms with Crippen LogP contribution in [-0.4, -0.2) is 15.3 Å². The number of halogens is 2. The highest BCUT2D eigenvalue weighted by molar-refractivity contribution is 7.80. The first-order valence-corrected chi connectivity index (χ1v) is 8.16. The summed E-state index contributed by atoms with van der Waals surface area (Å²) in [7, 11) is 0. The zero-order chi connectivity index (χ0) is 16.9. The summed E-state index contributed by atoms with van der Waals surface area (Å²) in [6.45, 7) is 0.302. The maximum absolute atomic E-state index is 6.12. The molecule has 0 saturated carbocycles. The molecule has 0 aliphatic heterocycles. The minimum Gasteiger partial charge on any atom is -0.353 e. The number of rotatable bonds is 4. The standard InChI is InChI=1S/C16H12Cl2N4OS/c17-10-5-7-11(8-6-10)20-16(24)19-9-14-21-15(22-23-14)12-3-1-2-4-13(12)18/h1-8H,9H2,(H2,19,20,24). The molecule has 0 bridgehead atoms. The molecule has 0 spiro atoms. The molecule has 1 aromatic heterocycles. The minimum absolute atomic E-state index is 0.302. The summed E-state index contributed by atoms with van der Waals surface area (Å²) in [5, 5.41) is 11.6. The summed E-state index contributed by atoms with van der Waals surface area (Å²) in [5.41, 5.74) is 1.55. The highest BCUT2D eigenvalue weighted by Crippen LogP contribution is 2.24. The maximum atomic E-state index is 6.12. The lowest BCUT2D eigenvalue weighted by Gasteiger charge is -2.08. The number of hydrogen-bond acceptors (Lipinski definition) is 4. The Morgan fingerprint density at radius 2 is 1.83 bits per heavy atom. The van der Waals surface area contributed by atoms with E-state index in [2.05, 4.69) is 20.8 Å². The molecule has 3 rings (SSSR count). The molecule has 3 aromatic rings. The van der Waals surface area contributed by atoms with Gasteiger partial charge in [0.15, 0.2) is 5.11 Å². The van der Waals surface area contributed by atoms with Gasteiger partial charge in [-0.15, -0.1) is 0 Å². The second-order valence-corrected chi connectivity index (χ2v) is 6.06. The largest absolute Gasteiger partial charge is 0.353 e. The van der Waals surface area contributed by atoms with Gasteiger partial charge in [-0.2, -0.15) is 4.98 Å². The molecule has 0 radical (unpaired) electrons. The number of thiocarbonyl (C=S) groups is 1. The summed E-state index contributed by atoms with van der Waals surface area (Å²) >= 11 is 17.2. The van der Waals surface area contributed by atoms with Gasteiger partial charge in [-0.1, -0.05) is 40.5 Å². The van der Waals surface area contributed by atoms with Crippen LogP contribution in [0.2, 0.25) is 10.0 Å². The van der Waals surface area contributed by atoms with Gasteiger partial charge in [0, 0.05) is 16.3 Å². The van der Waals surface area contributed by atoms with E-state index < -0.39 is 0 Å². The number of hydrogen-bond donors (Lipinski definition) is 2. The Morgan fingerprint density at radius 3 is 2.58 bits per heavy atom. The molecule has 5 nitrogen and oxygen atoms in total. The van der Waals surface area contributed by atoms with Gasteiger partial charge in [0.2, 0.25) is 11.7 Å². The van der Waals surface area contributed by atoms with Gasteiger partial charge in [0.1, 0.15) is 0 Å². The highest BCUT2D eigenvalue weighted by atomic mass is 35.5. The first kappa shape index (κ1) is 16.7. The zero-order valence-corrected chi connectivity index (χ0v) is 14.6. The van der Waals surface area contributed by atoms with Gasteiger partial charge in [-0.25, -0.2) is 0 Å². The van der Waals surface area contributed by atoms with Crippen molar-refractivity contribution in [3.63, 3.8) is 0 Å². The molecule has 0 amide bonds. The molecule has 0 saturated heterocycles. The number of nitrogens with zero attached hydrogens (tertiary/aromatic N) is 2. The average Bonchev–Trinajstić information content (AvgIpc) is 3.04. The van der Waals surface area contributed by atoms with Gasteiger partial charge in [0.25, 0.3) is 0 Å². The monoisotopic (exact) mass is 378 g/mol. The van der Waals surface area contributed by atoms with Crippen LogP contribution in [0.15, 0.2) is 53.1 Å². The molecular weight excluding hydrogens is 367 g/mol. The minimum atomic E-state index is 0.302. The van der Waals surface area contributed by atoms with E-state index in [4.69, 9.17) is 39.9 Å². The fourth-order valence-electron chi connectivity index (χ4n) is 1.94. The molecule has 24 heavy (non-hydrogen) atoms. The SMILES string of the molecule is S=C(NCc1nc(-c2ccccc2Cl)no1)Nc1ccc(Cl)cc1. The van der Waals surface area contributed by atoms with Crippen LogP contribution in [-0.2, 0) is 6.54 Å². The van der Waals surface area contributed by atoms with Crippen LogP contribution in [0.25, 0.3) is 11.4 Å². The average molecular weight is 379 g/mol. The highest BCUT2D eigenvalue weighted by Gasteiger charge is 2.11. The van der Waals surface area contributed by atoms with Crippen LogP contribution in [0.3, 0.4) is 0 Å². The van der Waals surface area contributed by atoms with Crippen molar-refractivity contribution in [2.45, 2.75) is 6.54 Å². The number of benzene rings is 2.